The molecule has 0 radical (unpaired) electrons. The van der Waals surface area contributed by atoms with Crippen LogP contribution >= 0.6 is 0 Å². The van der Waals surface area contributed by atoms with Crippen LogP contribution in [-0.4, -0.2) is 38.2 Å². The van der Waals surface area contributed by atoms with E-state index >= 15 is 0 Å². The fourth-order valence-corrected chi connectivity index (χ4v) is 10.2. The summed E-state index contributed by atoms with van der Waals surface area (Å²) in [6.45, 7) is 0. The first-order chi connectivity index (χ1) is 31.8. The Kier molecular flexibility index (Phi) is 7.23. The van der Waals surface area contributed by atoms with E-state index in [9.17, 15) is 0 Å². The lowest BCUT2D eigenvalue weighted by atomic mass is 10.2. The van der Waals surface area contributed by atoms with Crippen LogP contribution in [0.5, 0.6) is 0 Å². The van der Waals surface area contributed by atoms with Gasteiger partial charge in [0.05, 0.1) is 44.1 Å². The molecule has 0 bridgehead atoms. The number of fused-ring (bicyclic) bond motifs is 12. The van der Waals surface area contributed by atoms with E-state index in [0.717, 1.165) is 87.2 Å². The van der Waals surface area contributed by atoms with Crippen molar-refractivity contribution in [1.29, 1.82) is 0 Å². The molecule has 0 aliphatic rings. The molecule has 14 rings (SSSR count). The Bertz CT molecular complexity index is 3470. The van der Waals surface area contributed by atoms with Crippen LogP contribution < -0.4 is 0 Å². The van der Waals surface area contributed by atoms with E-state index in [-0.39, 0.29) is 0 Å². The first-order valence-electron chi connectivity index (χ1n) is 21.5. The molecule has 0 atom stereocenters. The second-order valence-electron chi connectivity index (χ2n) is 16.3. The van der Waals surface area contributed by atoms with Crippen LogP contribution in [0, 0.1) is 0 Å². The number of hydrogen-bond donors (Lipinski definition) is 0. The highest BCUT2D eigenvalue weighted by Crippen LogP contribution is 2.38. The predicted molar refractivity (Wildman–Crippen MR) is 260 cm³/mol. The average molecular weight is 819 g/mol. The summed E-state index contributed by atoms with van der Waals surface area (Å²) in [6, 6.07) is 72.4. The van der Waals surface area contributed by atoms with Crippen LogP contribution in [0.3, 0.4) is 0 Å². The number of hydrogen-bond acceptors (Lipinski definition) is 4. The Morgan fingerprint density at radius 1 is 0.203 bits per heavy atom. The molecule has 0 amide bonds. The van der Waals surface area contributed by atoms with Crippen molar-refractivity contribution in [3.8, 4) is 34.9 Å². The number of aromatic nitrogens is 8. The second-order valence-corrected chi connectivity index (χ2v) is 16.3. The summed E-state index contributed by atoms with van der Waals surface area (Å²) in [4.78, 5) is 22.0. The second kappa shape index (κ2) is 13.3. The fourth-order valence-electron chi connectivity index (χ4n) is 10.2. The molecular formula is C56H34N8. The summed E-state index contributed by atoms with van der Waals surface area (Å²) >= 11 is 0. The molecule has 0 saturated heterocycles. The molecule has 14 aromatic rings. The van der Waals surface area contributed by atoms with Crippen molar-refractivity contribution in [2.24, 2.45) is 0 Å². The number of para-hydroxylation sites is 8. The lowest BCUT2D eigenvalue weighted by Gasteiger charge is -2.15. The summed E-state index contributed by atoms with van der Waals surface area (Å²) in [5.74, 6) is 3.65. The Morgan fingerprint density at radius 3 is 0.531 bits per heavy atom. The van der Waals surface area contributed by atoms with Crippen molar-refractivity contribution >= 4 is 87.2 Å². The molecule has 8 heteroatoms. The van der Waals surface area contributed by atoms with Crippen molar-refractivity contribution in [3.05, 3.63) is 206 Å². The Labute approximate surface area is 365 Å². The van der Waals surface area contributed by atoms with E-state index in [1.54, 1.807) is 0 Å². The average Bonchev–Trinajstić information content (AvgIpc) is 4.09. The third kappa shape index (κ3) is 4.93. The minimum Gasteiger partial charge on any atom is -0.294 e. The molecule has 0 unspecified atom stereocenters. The maximum absolute atomic E-state index is 5.51. The van der Waals surface area contributed by atoms with Crippen molar-refractivity contribution in [2.45, 2.75) is 0 Å². The van der Waals surface area contributed by atoms with Crippen LogP contribution in [0.15, 0.2) is 206 Å². The van der Waals surface area contributed by atoms with Crippen molar-refractivity contribution in [2.75, 3.05) is 0 Å². The van der Waals surface area contributed by atoms with Gasteiger partial charge < -0.3 is 0 Å². The lowest BCUT2D eigenvalue weighted by Crippen LogP contribution is -2.10. The maximum atomic E-state index is 5.51. The highest BCUT2D eigenvalue weighted by Gasteiger charge is 2.23. The topological polar surface area (TPSA) is 71.3 Å². The number of benzene rings is 8. The van der Waals surface area contributed by atoms with Gasteiger partial charge in [0.15, 0.2) is 0 Å². The first kappa shape index (κ1) is 34.8. The standard InChI is InChI=1S/C56H34N8/c1-9-25-43-35(17-1)36-18-2-10-26-44(36)61(43)51-33-52(62-45-27-11-3-19-37(45)38-20-4-12-28-46(38)62)58-55(57-51)56-59-53(63-47-29-13-5-21-39(47)40-22-6-14-30-48(40)63)34-54(60-56)64-49-31-15-7-23-41(49)42-24-8-16-32-50(42)64/h1-34H. The highest BCUT2D eigenvalue weighted by atomic mass is 15.2. The molecule has 6 aromatic heterocycles. The van der Waals surface area contributed by atoms with Gasteiger partial charge in [-0.2, -0.15) is 0 Å². The SMILES string of the molecule is c1ccc2c(c1)c1ccccc1n2-c1cc(-n2c3ccccc3c3ccccc32)nc(-c2nc(-n3c4ccccc4c4ccccc43)cc(-n3c4ccccc4c4ccccc43)n2)n1. The molecule has 8 aromatic carbocycles. The zero-order chi connectivity index (χ0) is 41.9. The monoisotopic (exact) mass is 818 g/mol. The van der Waals surface area contributed by atoms with Crippen molar-refractivity contribution < 1.29 is 0 Å². The van der Waals surface area contributed by atoms with E-state index in [2.05, 4.69) is 225 Å². The van der Waals surface area contributed by atoms with Gasteiger partial charge in [0.1, 0.15) is 23.3 Å². The predicted octanol–water partition coefficient (Wildman–Crippen LogP) is 13.3. The number of nitrogens with zero attached hydrogens (tertiary/aromatic N) is 8. The molecule has 0 saturated carbocycles. The molecule has 0 fully saturated rings. The summed E-state index contributed by atoms with van der Waals surface area (Å²) in [7, 11) is 0. The molecule has 6 heterocycles. The lowest BCUT2D eigenvalue weighted by molar-refractivity contribution is 0.945. The van der Waals surface area contributed by atoms with Gasteiger partial charge in [0.2, 0.25) is 11.6 Å². The van der Waals surface area contributed by atoms with Gasteiger partial charge in [-0.1, -0.05) is 146 Å². The van der Waals surface area contributed by atoms with Gasteiger partial charge in [-0.15, -0.1) is 0 Å². The Morgan fingerprint density at radius 2 is 0.359 bits per heavy atom. The van der Waals surface area contributed by atoms with Gasteiger partial charge in [-0.05, 0) is 48.5 Å². The van der Waals surface area contributed by atoms with Gasteiger partial charge in [-0.3, -0.25) is 18.3 Å². The minimum atomic E-state index is 0.404. The fraction of sp³-hybridized carbons (Fsp3) is 0. The van der Waals surface area contributed by atoms with E-state index in [1.165, 1.54) is 0 Å². The third-order valence-corrected chi connectivity index (χ3v) is 12.8. The van der Waals surface area contributed by atoms with E-state index < -0.39 is 0 Å². The van der Waals surface area contributed by atoms with Gasteiger partial charge in [-0.25, -0.2) is 19.9 Å². The third-order valence-electron chi connectivity index (χ3n) is 12.8. The van der Waals surface area contributed by atoms with Crippen LogP contribution in [0.1, 0.15) is 0 Å². The van der Waals surface area contributed by atoms with E-state index in [1.807, 2.05) is 0 Å². The van der Waals surface area contributed by atoms with Gasteiger partial charge in [0, 0.05) is 55.2 Å². The smallest absolute Gasteiger partial charge is 0.201 e. The summed E-state index contributed by atoms with van der Waals surface area (Å²) in [5.41, 5.74) is 8.39. The number of rotatable bonds is 5. The summed E-state index contributed by atoms with van der Waals surface area (Å²) < 4.78 is 8.99. The molecular weight excluding hydrogens is 785 g/mol. The Hall–Kier alpha value is -8.88. The minimum absolute atomic E-state index is 0.404. The van der Waals surface area contributed by atoms with Crippen LogP contribution in [-0.2, 0) is 0 Å². The highest BCUT2D eigenvalue weighted by molar-refractivity contribution is 6.12. The molecule has 8 nitrogen and oxygen atoms in total. The summed E-state index contributed by atoms with van der Waals surface area (Å²) in [6.07, 6.45) is 0. The van der Waals surface area contributed by atoms with E-state index in [0.29, 0.717) is 34.9 Å². The molecule has 0 spiro atoms. The van der Waals surface area contributed by atoms with Gasteiger partial charge >= 0.3 is 0 Å². The van der Waals surface area contributed by atoms with Gasteiger partial charge in [0.25, 0.3) is 0 Å². The van der Waals surface area contributed by atoms with Crippen LogP contribution in [0.4, 0.5) is 0 Å². The molecule has 64 heavy (non-hydrogen) atoms. The van der Waals surface area contributed by atoms with E-state index in [4.69, 9.17) is 19.9 Å². The Balaban J connectivity index is 1.13. The largest absolute Gasteiger partial charge is 0.294 e. The molecule has 298 valence electrons. The normalized spacial score (nSPS) is 12.1. The van der Waals surface area contributed by atoms with Crippen LogP contribution in [0.2, 0.25) is 0 Å². The first-order valence-corrected chi connectivity index (χ1v) is 21.5. The zero-order valence-electron chi connectivity index (χ0n) is 34.2. The quantitative estimate of drug-likeness (QED) is 0.173. The van der Waals surface area contributed by atoms with Crippen LogP contribution in [0.25, 0.3) is 122 Å². The van der Waals surface area contributed by atoms with Crippen molar-refractivity contribution in [3.63, 3.8) is 0 Å². The zero-order valence-corrected chi connectivity index (χ0v) is 34.2. The molecule has 0 N–H and O–H groups in total. The molecule has 0 aliphatic carbocycles. The maximum Gasteiger partial charge on any atom is 0.201 e. The van der Waals surface area contributed by atoms with Crippen molar-refractivity contribution in [1.82, 2.24) is 38.2 Å². The summed E-state index contributed by atoms with van der Waals surface area (Å²) in [5, 5.41) is 9.18. The molecule has 0 aliphatic heterocycles.